The molecule has 0 amide bonds. The predicted molar refractivity (Wildman–Crippen MR) is 72.2 cm³/mol. The van der Waals surface area contributed by atoms with Gasteiger partial charge in [-0.2, -0.15) is 9.61 Å². The molecule has 2 aromatic heterocycles. The highest BCUT2D eigenvalue weighted by Crippen LogP contribution is 2.27. The van der Waals surface area contributed by atoms with E-state index in [1.165, 1.54) is 10.9 Å². The summed E-state index contributed by atoms with van der Waals surface area (Å²) >= 11 is 0. The van der Waals surface area contributed by atoms with Gasteiger partial charge in [-0.05, 0) is 38.3 Å². The first kappa shape index (κ1) is 12.2. The van der Waals surface area contributed by atoms with Gasteiger partial charge in [0.05, 0.1) is 0 Å². The van der Waals surface area contributed by atoms with Crippen LogP contribution in [0.1, 0.15) is 26.2 Å². The third-order valence-electron chi connectivity index (χ3n) is 3.82. The first-order chi connectivity index (χ1) is 9.20. The zero-order valence-corrected chi connectivity index (χ0v) is 10.9. The fourth-order valence-corrected chi connectivity index (χ4v) is 2.86. The number of nitrogens with two attached hydrogens (primary N) is 1. The van der Waals surface area contributed by atoms with E-state index in [2.05, 4.69) is 27.1 Å². The van der Waals surface area contributed by atoms with Crippen molar-refractivity contribution in [1.29, 1.82) is 0 Å². The van der Waals surface area contributed by atoms with Gasteiger partial charge in [-0.1, -0.05) is 0 Å². The summed E-state index contributed by atoms with van der Waals surface area (Å²) < 4.78 is 1.30. The van der Waals surface area contributed by atoms with Crippen molar-refractivity contribution in [3.8, 4) is 0 Å². The quantitative estimate of drug-likeness (QED) is 0.802. The van der Waals surface area contributed by atoms with Gasteiger partial charge >= 0.3 is 5.69 Å². The zero-order valence-electron chi connectivity index (χ0n) is 10.9. The van der Waals surface area contributed by atoms with Crippen LogP contribution in [0.4, 0.5) is 5.82 Å². The Labute approximate surface area is 110 Å². The highest BCUT2D eigenvalue weighted by molar-refractivity contribution is 5.47. The molecule has 102 valence electrons. The lowest BCUT2D eigenvalue weighted by molar-refractivity contribution is 0.396. The lowest BCUT2D eigenvalue weighted by atomic mass is 9.96. The first-order valence-corrected chi connectivity index (χ1v) is 6.63. The van der Waals surface area contributed by atoms with Gasteiger partial charge in [-0.3, -0.25) is 0 Å². The minimum Gasteiger partial charge on any atom is -0.348 e. The molecule has 3 N–H and O–H groups in total. The number of nitrogens with one attached hydrogen (secondary N) is 1. The van der Waals surface area contributed by atoms with Crippen LogP contribution in [0.15, 0.2) is 16.9 Å². The van der Waals surface area contributed by atoms with E-state index < -0.39 is 0 Å². The van der Waals surface area contributed by atoms with Crippen molar-refractivity contribution < 1.29 is 0 Å². The molecule has 1 saturated heterocycles. The van der Waals surface area contributed by atoms with Crippen molar-refractivity contribution in [3.05, 3.63) is 22.6 Å². The monoisotopic (exact) mass is 262 g/mol. The second kappa shape index (κ2) is 4.65. The van der Waals surface area contributed by atoms with Crippen molar-refractivity contribution in [2.24, 2.45) is 5.73 Å². The van der Waals surface area contributed by atoms with Crippen LogP contribution < -0.4 is 16.3 Å². The van der Waals surface area contributed by atoms with E-state index in [9.17, 15) is 4.79 Å². The lowest BCUT2D eigenvalue weighted by Crippen LogP contribution is -2.49. The minimum atomic E-state index is -0.314. The Hall–Kier alpha value is -1.89. The maximum Gasteiger partial charge on any atom is 0.364 e. The summed E-state index contributed by atoms with van der Waals surface area (Å²) in [6.07, 6.45) is 3.38. The van der Waals surface area contributed by atoms with Crippen LogP contribution in [-0.4, -0.2) is 38.4 Å². The number of aromatic nitrogens is 4. The number of hydrogen-bond donors (Lipinski definition) is 2. The molecule has 7 heteroatoms. The average Bonchev–Trinajstić information content (AvgIpc) is 2.79. The molecule has 0 aliphatic carbocycles. The van der Waals surface area contributed by atoms with Crippen LogP contribution in [0, 0.1) is 0 Å². The van der Waals surface area contributed by atoms with E-state index in [4.69, 9.17) is 5.73 Å². The molecule has 1 aliphatic heterocycles. The molecular formula is C12H18N6O. The summed E-state index contributed by atoms with van der Waals surface area (Å²) in [7, 11) is 0. The Morgan fingerprint density at radius 2 is 2.32 bits per heavy atom. The largest absolute Gasteiger partial charge is 0.364 e. The molecule has 0 radical (unpaired) electrons. The van der Waals surface area contributed by atoms with Crippen molar-refractivity contribution >= 4 is 11.5 Å². The fraction of sp³-hybridized carbons (Fsp3) is 0.583. The van der Waals surface area contributed by atoms with Crippen molar-refractivity contribution in [1.82, 2.24) is 19.8 Å². The number of hydrogen-bond acceptors (Lipinski definition) is 5. The molecule has 2 aromatic rings. The minimum absolute atomic E-state index is 0.288. The van der Waals surface area contributed by atoms with Crippen LogP contribution >= 0.6 is 0 Å². The van der Waals surface area contributed by atoms with E-state index in [1.54, 1.807) is 6.07 Å². The van der Waals surface area contributed by atoms with Crippen LogP contribution in [0.5, 0.6) is 0 Å². The number of aromatic amines is 1. The molecule has 7 nitrogen and oxygen atoms in total. The fourth-order valence-electron chi connectivity index (χ4n) is 2.86. The molecule has 19 heavy (non-hydrogen) atoms. The third kappa shape index (κ3) is 1.99. The van der Waals surface area contributed by atoms with Gasteiger partial charge < -0.3 is 10.6 Å². The van der Waals surface area contributed by atoms with Crippen molar-refractivity contribution in [3.63, 3.8) is 0 Å². The smallest absolute Gasteiger partial charge is 0.348 e. The van der Waals surface area contributed by atoms with Crippen LogP contribution in [0.3, 0.4) is 0 Å². The Bertz CT molecular complexity index is 632. The summed E-state index contributed by atoms with van der Waals surface area (Å²) in [5, 5.41) is 10.7. The molecule has 3 rings (SSSR count). The number of nitrogens with zero attached hydrogens (tertiary/aromatic N) is 4. The van der Waals surface area contributed by atoms with E-state index in [-0.39, 0.29) is 11.7 Å². The van der Waals surface area contributed by atoms with Crippen molar-refractivity contribution in [2.75, 3.05) is 11.4 Å². The molecule has 2 atom stereocenters. The Kier molecular flexibility index (Phi) is 2.98. The maximum atomic E-state index is 11.6. The summed E-state index contributed by atoms with van der Waals surface area (Å²) in [5.41, 5.74) is 6.08. The second-order valence-electron chi connectivity index (χ2n) is 5.07. The van der Waals surface area contributed by atoms with E-state index in [0.717, 1.165) is 18.7 Å². The molecule has 3 heterocycles. The van der Waals surface area contributed by atoms with E-state index in [0.29, 0.717) is 18.2 Å². The van der Waals surface area contributed by atoms with E-state index >= 15 is 0 Å². The molecule has 2 unspecified atom stereocenters. The number of anilines is 1. The number of fused-ring (bicyclic) bond motifs is 1. The van der Waals surface area contributed by atoms with Gasteiger partial charge in [0.2, 0.25) is 0 Å². The average molecular weight is 262 g/mol. The van der Waals surface area contributed by atoms with Gasteiger partial charge in [-0.25, -0.2) is 9.89 Å². The lowest BCUT2D eigenvalue weighted by Gasteiger charge is -2.41. The normalized spacial score (nSPS) is 24.0. The second-order valence-corrected chi connectivity index (χ2v) is 5.07. The molecule has 1 aliphatic rings. The highest BCUT2D eigenvalue weighted by Gasteiger charge is 2.28. The zero-order chi connectivity index (χ0) is 13.4. The van der Waals surface area contributed by atoms with Gasteiger partial charge in [-0.15, -0.1) is 5.10 Å². The molecule has 0 saturated carbocycles. The topological polar surface area (TPSA) is 92.3 Å². The predicted octanol–water partition coefficient (Wildman–Crippen LogP) is 0.124. The molecule has 0 spiro atoms. The molecular weight excluding hydrogens is 244 g/mol. The van der Waals surface area contributed by atoms with Crippen molar-refractivity contribution in [2.45, 2.75) is 38.3 Å². The number of piperidine rings is 1. The molecule has 1 fully saturated rings. The SMILES string of the molecule is CC1CCCC(CN)N1c1ccc2n[nH]c(=O)n2n1. The summed E-state index contributed by atoms with van der Waals surface area (Å²) in [5.74, 6) is 0.790. The van der Waals surface area contributed by atoms with Crippen LogP contribution in [0.2, 0.25) is 0 Å². The van der Waals surface area contributed by atoms with Crippen LogP contribution in [0.25, 0.3) is 5.65 Å². The Balaban J connectivity index is 2.05. The third-order valence-corrected chi connectivity index (χ3v) is 3.82. The highest BCUT2D eigenvalue weighted by atomic mass is 16.2. The molecule has 0 bridgehead atoms. The van der Waals surface area contributed by atoms with Gasteiger partial charge in [0.15, 0.2) is 5.65 Å². The molecule has 0 aromatic carbocycles. The van der Waals surface area contributed by atoms with Gasteiger partial charge in [0, 0.05) is 18.6 Å². The summed E-state index contributed by atoms with van der Waals surface area (Å²) in [4.78, 5) is 13.8. The Morgan fingerprint density at radius 3 is 3.11 bits per heavy atom. The maximum absolute atomic E-state index is 11.6. The Morgan fingerprint density at radius 1 is 1.47 bits per heavy atom. The number of H-pyrrole nitrogens is 1. The number of rotatable bonds is 2. The standard InChI is InChI=1S/C12H18N6O/c1-8-3-2-4-9(7-13)17(8)11-6-5-10-14-15-12(19)18(10)16-11/h5-6,8-9H,2-4,7,13H2,1H3,(H,15,19). The summed E-state index contributed by atoms with van der Waals surface area (Å²) in [6, 6.07) is 4.38. The first-order valence-electron chi connectivity index (χ1n) is 6.63. The summed E-state index contributed by atoms with van der Waals surface area (Å²) in [6.45, 7) is 2.77. The van der Waals surface area contributed by atoms with Gasteiger partial charge in [0.1, 0.15) is 5.82 Å². The van der Waals surface area contributed by atoms with E-state index in [1.807, 2.05) is 6.07 Å². The van der Waals surface area contributed by atoms with Gasteiger partial charge in [0.25, 0.3) is 0 Å². The van der Waals surface area contributed by atoms with Crippen LogP contribution in [-0.2, 0) is 0 Å².